The van der Waals surface area contributed by atoms with Gasteiger partial charge in [-0.05, 0) is 45.4 Å². The highest BCUT2D eigenvalue weighted by atomic mass is 79.9. The normalized spacial score (nSPS) is 16.2. The van der Waals surface area contributed by atoms with Crippen LogP contribution in [0.3, 0.4) is 0 Å². The van der Waals surface area contributed by atoms with Crippen LogP contribution in [0.2, 0.25) is 0 Å². The van der Waals surface area contributed by atoms with Gasteiger partial charge in [-0.15, -0.1) is 0 Å². The first kappa shape index (κ1) is 21.8. The number of nitrogens with one attached hydrogen (secondary N) is 1. The minimum atomic E-state index is -0.122. The summed E-state index contributed by atoms with van der Waals surface area (Å²) in [5.74, 6) is 0.548. The largest absolute Gasteiger partial charge is 0.483 e. The van der Waals surface area contributed by atoms with E-state index < -0.39 is 0 Å². The molecule has 0 aliphatic carbocycles. The van der Waals surface area contributed by atoms with Gasteiger partial charge in [0, 0.05) is 32.7 Å². The van der Waals surface area contributed by atoms with E-state index in [0.717, 1.165) is 53.5 Å². The number of carbonyl (C=O) groups excluding carboxylic acids is 1. The van der Waals surface area contributed by atoms with Crippen LogP contribution in [0.4, 0.5) is 0 Å². The highest BCUT2D eigenvalue weighted by Crippen LogP contribution is 2.33. The Morgan fingerprint density at radius 1 is 1.00 bits per heavy atom. The number of fused-ring (bicyclic) bond motifs is 1. The quantitative estimate of drug-likeness (QED) is 0.551. The van der Waals surface area contributed by atoms with Gasteiger partial charge in [-0.2, -0.15) is 0 Å². The number of hydrogen-bond donors (Lipinski definition) is 1. The van der Waals surface area contributed by atoms with Crippen LogP contribution in [0, 0.1) is 0 Å². The summed E-state index contributed by atoms with van der Waals surface area (Å²) in [6, 6.07) is 22.1. The van der Waals surface area contributed by atoms with E-state index in [1.54, 1.807) is 0 Å². The third-order valence-corrected chi connectivity index (χ3v) is 6.58. The van der Waals surface area contributed by atoms with Crippen molar-refractivity contribution >= 4 is 32.6 Å². The maximum atomic E-state index is 12.8. The number of likely N-dealkylation sites (N-methyl/N-ethyl adjacent to an activating group) is 1. The topological polar surface area (TPSA) is 44.8 Å². The lowest BCUT2D eigenvalue weighted by atomic mass is 10.1. The molecule has 0 bridgehead atoms. The fraction of sp³-hybridized carbons (Fsp3) is 0.320. The van der Waals surface area contributed by atoms with E-state index in [1.165, 1.54) is 0 Å². The van der Waals surface area contributed by atoms with Gasteiger partial charge in [0.1, 0.15) is 5.75 Å². The zero-order valence-electron chi connectivity index (χ0n) is 17.8. The molecule has 1 saturated heterocycles. The van der Waals surface area contributed by atoms with E-state index in [1.807, 2.05) is 48.5 Å². The van der Waals surface area contributed by atoms with Crippen LogP contribution in [0.15, 0.2) is 71.2 Å². The Morgan fingerprint density at radius 2 is 1.71 bits per heavy atom. The lowest BCUT2D eigenvalue weighted by molar-refractivity contribution is -0.124. The highest BCUT2D eigenvalue weighted by molar-refractivity contribution is 9.10. The Bertz CT molecular complexity index is 1020. The molecule has 1 N–H and O–H groups in total. The van der Waals surface area contributed by atoms with Gasteiger partial charge < -0.3 is 15.0 Å². The summed E-state index contributed by atoms with van der Waals surface area (Å²) in [5, 5.41) is 5.38. The summed E-state index contributed by atoms with van der Waals surface area (Å²) in [5.41, 5.74) is 1.11. The minimum Gasteiger partial charge on any atom is -0.483 e. The zero-order valence-corrected chi connectivity index (χ0v) is 19.3. The molecule has 1 amide bonds. The van der Waals surface area contributed by atoms with Crippen molar-refractivity contribution in [2.45, 2.75) is 6.04 Å². The van der Waals surface area contributed by atoms with Crippen LogP contribution < -0.4 is 10.1 Å². The standard InChI is InChI=1S/C25H28BrN3O2/c1-28-13-15-29(16-14-28)17-22(20-8-3-2-4-9-20)27-24(30)18-31-23-12-11-19-7-5-6-10-21(19)25(23)26/h2-12,22H,13-18H2,1H3,(H,27,30). The van der Waals surface area contributed by atoms with Crippen molar-refractivity contribution in [2.24, 2.45) is 0 Å². The number of benzene rings is 3. The van der Waals surface area contributed by atoms with Crippen molar-refractivity contribution in [2.75, 3.05) is 46.4 Å². The molecule has 4 rings (SSSR count). The van der Waals surface area contributed by atoms with E-state index in [4.69, 9.17) is 4.74 Å². The van der Waals surface area contributed by atoms with Gasteiger partial charge in [-0.1, -0.05) is 60.7 Å². The molecular formula is C25H28BrN3O2. The smallest absolute Gasteiger partial charge is 0.258 e. The van der Waals surface area contributed by atoms with Crippen molar-refractivity contribution in [1.29, 1.82) is 0 Å². The molecule has 3 aromatic rings. The third kappa shape index (κ3) is 5.64. The predicted octanol–water partition coefficient (Wildman–Crippen LogP) is 4.09. The fourth-order valence-electron chi connectivity index (χ4n) is 3.91. The molecule has 1 aliphatic heterocycles. The van der Waals surface area contributed by atoms with Crippen molar-refractivity contribution in [3.63, 3.8) is 0 Å². The second kappa shape index (κ2) is 10.3. The van der Waals surface area contributed by atoms with Gasteiger partial charge in [-0.25, -0.2) is 0 Å². The molecule has 0 spiro atoms. The maximum absolute atomic E-state index is 12.8. The molecule has 3 aromatic carbocycles. The number of amides is 1. The molecule has 1 fully saturated rings. The van der Waals surface area contributed by atoms with Crippen molar-refractivity contribution < 1.29 is 9.53 Å². The van der Waals surface area contributed by atoms with E-state index in [2.05, 4.69) is 56.3 Å². The van der Waals surface area contributed by atoms with E-state index in [0.29, 0.717) is 5.75 Å². The Kier molecular flexibility index (Phi) is 7.22. The predicted molar refractivity (Wildman–Crippen MR) is 128 cm³/mol. The summed E-state index contributed by atoms with van der Waals surface area (Å²) >= 11 is 3.62. The van der Waals surface area contributed by atoms with Gasteiger partial charge in [0.25, 0.3) is 5.91 Å². The first-order chi connectivity index (χ1) is 15.1. The number of rotatable bonds is 7. The van der Waals surface area contributed by atoms with Crippen molar-refractivity contribution in [1.82, 2.24) is 15.1 Å². The Hall–Kier alpha value is -2.41. The minimum absolute atomic E-state index is 0.0248. The van der Waals surface area contributed by atoms with Crippen LogP contribution in [-0.2, 0) is 4.79 Å². The van der Waals surface area contributed by atoms with E-state index in [9.17, 15) is 4.79 Å². The average molecular weight is 482 g/mol. The summed E-state index contributed by atoms with van der Waals surface area (Å²) in [4.78, 5) is 17.5. The van der Waals surface area contributed by atoms with Crippen LogP contribution in [0.25, 0.3) is 10.8 Å². The summed E-state index contributed by atoms with van der Waals surface area (Å²) < 4.78 is 6.74. The Morgan fingerprint density at radius 3 is 2.48 bits per heavy atom. The van der Waals surface area contributed by atoms with Crippen molar-refractivity contribution in [3.8, 4) is 5.75 Å². The van der Waals surface area contributed by atoms with Crippen molar-refractivity contribution in [3.05, 3.63) is 76.8 Å². The lowest BCUT2D eigenvalue weighted by Gasteiger charge is -2.35. The van der Waals surface area contributed by atoms with Gasteiger partial charge >= 0.3 is 0 Å². The average Bonchev–Trinajstić information content (AvgIpc) is 2.80. The van der Waals surface area contributed by atoms with Crippen LogP contribution in [-0.4, -0.2) is 62.1 Å². The number of nitrogens with zero attached hydrogens (tertiary/aromatic N) is 2. The molecule has 1 atom stereocenters. The van der Waals surface area contributed by atoms with Gasteiger partial charge in [0.2, 0.25) is 0 Å². The molecule has 0 radical (unpaired) electrons. The van der Waals surface area contributed by atoms with Crippen LogP contribution in [0.5, 0.6) is 5.75 Å². The maximum Gasteiger partial charge on any atom is 0.258 e. The molecule has 6 heteroatoms. The van der Waals surface area contributed by atoms with Gasteiger partial charge in [0.15, 0.2) is 6.61 Å². The first-order valence-corrected chi connectivity index (χ1v) is 11.4. The van der Waals surface area contributed by atoms with Crippen LogP contribution in [0.1, 0.15) is 11.6 Å². The second-order valence-electron chi connectivity index (χ2n) is 8.02. The van der Waals surface area contributed by atoms with Crippen LogP contribution >= 0.6 is 15.9 Å². The summed E-state index contributed by atoms with van der Waals surface area (Å²) in [6.45, 7) is 4.89. The molecule has 1 aliphatic rings. The van der Waals surface area contributed by atoms with E-state index >= 15 is 0 Å². The monoisotopic (exact) mass is 481 g/mol. The van der Waals surface area contributed by atoms with E-state index in [-0.39, 0.29) is 18.6 Å². The number of hydrogen-bond acceptors (Lipinski definition) is 4. The Balaban J connectivity index is 1.41. The molecule has 0 aromatic heterocycles. The first-order valence-electron chi connectivity index (χ1n) is 10.7. The fourth-order valence-corrected chi connectivity index (χ4v) is 4.52. The van der Waals surface area contributed by atoms with Gasteiger partial charge in [0.05, 0.1) is 10.5 Å². The summed E-state index contributed by atoms with van der Waals surface area (Å²) in [7, 11) is 2.15. The number of ether oxygens (including phenoxy) is 1. The molecule has 31 heavy (non-hydrogen) atoms. The lowest BCUT2D eigenvalue weighted by Crippen LogP contribution is -2.48. The number of piperazine rings is 1. The molecule has 162 valence electrons. The number of halogens is 1. The second-order valence-corrected chi connectivity index (χ2v) is 8.82. The highest BCUT2D eigenvalue weighted by Gasteiger charge is 2.21. The molecule has 1 unspecified atom stereocenters. The van der Waals surface area contributed by atoms with Gasteiger partial charge in [-0.3, -0.25) is 9.69 Å². The molecule has 0 saturated carbocycles. The number of carbonyl (C=O) groups is 1. The third-order valence-electron chi connectivity index (χ3n) is 5.76. The summed E-state index contributed by atoms with van der Waals surface area (Å²) in [6.07, 6.45) is 0. The Labute approximate surface area is 192 Å². The molecular weight excluding hydrogens is 454 g/mol. The molecule has 1 heterocycles. The molecule has 5 nitrogen and oxygen atoms in total. The SMILES string of the molecule is CN1CCN(CC(NC(=O)COc2ccc3ccccc3c2Br)c2ccccc2)CC1. The zero-order chi connectivity index (χ0) is 21.6.